The number of pyridine rings is 1. The first-order valence-electron chi connectivity index (χ1n) is 12.0. The average molecular weight is 557 g/mol. The molecule has 0 bridgehead atoms. The highest BCUT2D eigenvalue weighted by Gasteiger charge is 2.19. The first kappa shape index (κ1) is 26.2. The zero-order valence-corrected chi connectivity index (χ0v) is 22.2. The van der Waals surface area contributed by atoms with Crippen molar-refractivity contribution in [2.24, 2.45) is 0 Å². The molecule has 0 atom stereocenters. The van der Waals surface area contributed by atoms with E-state index in [1.807, 2.05) is 18.2 Å². The van der Waals surface area contributed by atoms with Crippen LogP contribution in [0.2, 0.25) is 5.15 Å². The first-order valence-corrected chi connectivity index (χ1v) is 13.9. The van der Waals surface area contributed by atoms with E-state index in [0.717, 1.165) is 61.8 Å². The van der Waals surface area contributed by atoms with Gasteiger partial charge in [0.25, 0.3) is 10.0 Å². The van der Waals surface area contributed by atoms with Crippen LogP contribution < -0.4 is 9.62 Å². The molecule has 0 radical (unpaired) electrons. The van der Waals surface area contributed by atoms with Gasteiger partial charge in [0.05, 0.1) is 34.4 Å². The Morgan fingerprint density at radius 1 is 0.974 bits per heavy atom. The highest BCUT2D eigenvalue weighted by Crippen LogP contribution is 2.30. The van der Waals surface area contributed by atoms with Gasteiger partial charge in [0.1, 0.15) is 11.6 Å². The van der Waals surface area contributed by atoms with E-state index in [9.17, 15) is 12.8 Å². The molecule has 1 aliphatic rings. The van der Waals surface area contributed by atoms with Crippen LogP contribution >= 0.6 is 11.6 Å². The standard InChI is InChI=1S/C26H26ClFN6O3S/c1-37-13-12-33-8-10-34(11-9-33)25-17-29-22-7-2-18(14-23(22)31-25)19-15-24(26(27)30-16-19)32-38(35,36)21-5-3-20(28)4-6-21/h2-7,14-17,32H,8-13H2,1H3. The summed E-state index contributed by atoms with van der Waals surface area (Å²) in [5.74, 6) is 0.278. The first-order chi connectivity index (χ1) is 18.3. The molecule has 0 unspecified atom stereocenters. The molecule has 198 valence electrons. The van der Waals surface area contributed by atoms with Crippen LogP contribution in [0.3, 0.4) is 0 Å². The van der Waals surface area contributed by atoms with Crippen LogP contribution in [-0.4, -0.2) is 74.7 Å². The largest absolute Gasteiger partial charge is 0.383 e. The van der Waals surface area contributed by atoms with Crippen molar-refractivity contribution >= 4 is 44.2 Å². The van der Waals surface area contributed by atoms with Crippen molar-refractivity contribution in [1.82, 2.24) is 19.9 Å². The van der Waals surface area contributed by atoms with Crippen LogP contribution in [0.15, 0.2) is 65.8 Å². The van der Waals surface area contributed by atoms with Crippen molar-refractivity contribution in [3.8, 4) is 11.1 Å². The van der Waals surface area contributed by atoms with E-state index in [-0.39, 0.29) is 15.7 Å². The fourth-order valence-corrected chi connectivity index (χ4v) is 5.51. The zero-order chi connectivity index (χ0) is 26.7. The van der Waals surface area contributed by atoms with Crippen LogP contribution in [0.4, 0.5) is 15.9 Å². The van der Waals surface area contributed by atoms with Gasteiger partial charge in [0.15, 0.2) is 5.15 Å². The Morgan fingerprint density at radius 2 is 1.74 bits per heavy atom. The Hall–Kier alpha value is -3.38. The molecule has 2 aromatic carbocycles. The SMILES string of the molecule is COCCN1CCN(c2cnc3ccc(-c4cnc(Cl)c(NS(=O)(=O)c5ccc(F)cc5)c4)cc3n2)CC1. The summed E-state index contributed by atoms with van der Waals surface area (Å²) in [4.78, 5) is 18.1. The fourth-order valence-electron chi connectivity index (χ4n) is 4.25. The highest BCUT2D eigenvalue weighted by molar-refractivity contribution is 7.92. The average Bonchev–Trinajstić information content (AvgIpc) is 2.93. The van der Waals surface area contributed by atoms with Gasteiger partial charge in [-0.1, -0.05) is 17.7 Å². The predicted molar refractivity (Wildman–Crippen MR) is 146 cm³/mol. The lowest BCUT2D eigenvalue weighted by atomic mass is 10.1. The Morgan fingerprint density at radius 3 is 2.47 bits per heavy atom. The third kappa shape index (κ3) is 5.86. The summed E-state index contributed by atoms with van der Waals surface area (Å²) in [7, 11) is -2.28. The minimum atomic E-state index is -3.99. The molecule has 2 aromatic heterocycles. The van der Waals surface area contributed by atoms with Gasteiger partial charge in [0, 0.05) is 51.6 Å². The lowest BCUT2D eigenvalue weighted by molar-refractivity contribution is 0.144. The number of nitrogens with one attached hydrogen (secondary N) is 1. The van der Waals surface area contributed by atoms with E-state index in [4.69, 9.17) is 21.3 Å². The van der Waals surface area contributed by atoms with Crippen molar-refractivity contribution in [3.05, 3.63) is 71.9 Å². The topological polar surface area (TPSA) is 101 Å². The fraction of sp³-hybridized carbons (Fsp3) is 0.269. The van der Waals surface area contributed by atoms with E-state index in [1.54, 1.807) is 25.6 Å². The maximum absolute atomic E-state index is 13.2. The van der Waals surface area contributed by atoms with Crippen LogP contribution in [0.5, 0.6) is 0 Å². The summed E-state index contributed by atoms with van der Waals surface area (Å²) >= 11 is 6.21. The van der Waals surface area contributed by atoms with Gasteiger partial charge in [-0.05, 0) is 48.0 Å². The third-order valence-corrected chi connectivity index (χ3v) is 8.06. The van der Waals surface area contributed by atoms with Gasteiger partial charge < -0.3 is 9.64 Å². The van der Waals surface area contributed by atoms with Crippen LogP contribution in [0.25, 0.3) is 22.2 Å². The smallest absolute Gasteiger partial charge is 0.261 e. The molecule has 9 nitrogen and oxygen atoms in total. The third-order valence-electron chi connectivity index (χ3n) is 6.38. The number of anilines is 2. The molecule has 5 rings (SSSR count). The van der Waals surface area contributed by atoms with Gasteiger partial charge in [-0.15, -0.1) is 0 Å². The van der Waals surface area contributed by atoms with E-state index in [1.165, 1.54) is 12.1 Å². The molecular weight excluding hydrogens is 531 g/mol. The van der Waals surface area contributed by atoms with Gasteiger partial charge in [-0.3, -0.25) is 14.6 Å². The monoisotopic (exact) mass is 556 g/mol. The summed E-state index contributed by atoms with van der Waals surface area (Å²) < 4.78 is 46.5. The Labute approximate surface area is 225 Å². The molecule has 0 spiro atoms. The number of sulfonamides is 1. The Balaban J connectivity index is 1.38. The summed E-state index contributed by atoms with van der Waals surface area (Å²) in [5.41, 5.74) is 2.99. The molecule has 0 saturated carbocycles. The number of methoxy groups -OCH3 is 1. The quantitative estimate of drug-likeness (QED) is 0.324. The van der Waals surface area contributed by atoms with E-state index >= 15 is 0 Å². The number of aromatic nitrogens is 3. The van der Waals surface area contributed by atoms with Crippen molar-refractivity contribution in [1.29, 1.82) is 0 Å². The van der Waals surface area contributed by atoms with E-state index in [0.29, 0.717) is 17.7 Å². The minimum absolute atomic E-state index is 0.00746. The molecule has 3 heterocycles. The van der Waals surface area contributed by atoms with Gasteiger partial charge in [-0.25, -0.2) is 22.8 Å². The number of rotatable bonds is 8. The summed E-state index contributed by atoms with van der Waals surface area (Å²) in [6, 6.07) is 11.8. The second-order valence-electron chi connectivity index (χ2n) is 8.87. The lowest BCUT2D eigenvalue weighted by Gasteiger charge is -2.35. The van der Waals surface area contributed by atoms with E-state index in [2.05, 4.69) is 24.5 Å². The number of nitrogens with zero attached hydrogens (tertiary/aromatic N) is 5. The number of piperazine rings is 1. The summed E-state index contributed by atoms with van der Waals surface area (Å²) in [6.45, 7) is 5.18. The number of benzene rings is 2. The molecule has 1 N–H and O–H groups in total. The second-order valence-corrected chi connectivity index (χ2v) is 10.9. The summed E-state index contributed by atoms with van der Waals surface area (Å²) in [6.07, 6.45) is 3.36. The summed E-state index contributed by atoms with van der Waals surface area (Å²) in [5, 5.41) is -0.00746. The second kappa shape index (κ2) is 11.2. The molecule has 38 heavy (non-hydrogen) atoms. The molecule has 12 heteroatoms. The molecular formula is C26H26ClFN6O3S. The zero-order valence-electron chi connectivity index (χ0n) is 20.6. The van der Waals surface area contributed by atoms with Gasteiger partial charge in [-0.2, -0.15) is 0 Å². The maximum atomic E-state index is 13.2. The van der Waals surface area contributed by atoms with Gasteiger partial charge in [0.2, 0.25) is 0 Å². The van der Waals surface area contributed by atoms with Crippen LogP contribution in [-0.2, 0) is 14.8 Å². The van der Waals surface area contributed by atoms with Crippen molar-refractivity contribution in [2.75, 3.05) is 56.1 Å². The lowest BCUT2D eigenvalue weighted by Crippen LogP contribution is -2.47. The molecule has 0 aliphatic carbocycles. The van der Waals surface area contributed by atoms with E-state index < -0.39 is 15.8 Å². The molecule has 1 aliphatic heterocycles. The molecule has 1 fully saturated rings. The normalized spacial score (nSPS) is 14.7. The van der Waals surface area contributed by atoms with Crippen LogP contribution in [0.1, 0.15) is 0 Å². The molecule has 1 saturated heterocycles. The highest BCUT2D eigenvalue weighted by atomic mass is 35.5. The Bertz CT molecular complexity index is 1550. The van der Waals surface area contributed by atoms with Crippen LogP contribution in [0, 0.1) is 5.82 Å². The number of ether oxygens (including phenoxy) is 1. The Kier molecular flexibility index (Phi) is 7.70. The van der Waals surface area contributed by atoms with Gasteiger partial charge >= 0.3 is 0 Å². The number of hydrogen-bond acceptors (Lipinski definition) is 8. The predicted octanol–water partition coefficient (Wildman–Crippen LogP) is 4.05. The van der Waals surface area contributed by atoms with Crippen molar-refractivity contribution in [2.45, 2.75) is 4.90 Å². The maximum Gasteiger partial charge on any atom is 0.261 e. The molecule has 0 amide bonds. The number of hydrogen-bond donors (Lipinski definition) is 1. The molecule has 4 aromatic rings. The number of halogens is 2. The number of fused-ring (bicyclic) bond motifs is 1. The van der Waals surface area contributed by atoms with Crippen molar-refractivity contribution in [3.63, 3.8) is 0 Å². The van der Waals surface area contributed by atoms with Crippen molar-refractivity contribution < 1.29 is 17.5 Å². The minimum Gasteiger partial charge on any atom is -0.383 e.